The third-order valence-corrected chi connectivity index (χ3v) is 7.66. The number of hydrazine groups is 1. The lowest BCUT2D eigenvalue weighted by atomic mass is 10.1. The molecular formula is C23H33N5O3S. The van der Waals surface area contributed by atoms with Crippen molar-refractivity contribution in [1.29, 1.82) is 0 Å². The number of hydrogen-bond donors (Lipinski definition) is 2. The summed E-state index contributed by atoms with van der Waals surface area (Å²) in [6, 6.07) is 9.83. The van der Waals surface area contributed by atoms with E-state index < -0.39 is 0 Å². The van der Waals surface area contributed by atoms with Gasteiger partial charge in [0.2, 0.25) is 0 Å². The van der Waals surface area contributed by atoms with Crippen molar-refractivity contribution in [3.05, 3.63) is 35.2 Å². The predicted molar refractivity (Wildman–Crippen MR) is 127 cm³/mol. The van der Waals surface area contributed by atoms with Crippen LogP contribution in [0.3, 0.4) is 0 Å². The van der Waals surface area contributed by atoms with Crippen molar-refractivity contribution >= 4 is 17.0 Å². The number of piperazine rings is 1. The summed E-state index contributed by atoms with van der Waals surface area (Å²) in [5.74, 6) is 0.306. The van der Waals surface area contributed by atoms with E-state index in [-0.39, 0.29) is 6.61 Å². The number of β-amino-alcohol motifs (C(OH)–C–C–N with tert-alkyl or cyclic N) is 1. The highest BCUT2D eigenvalue weighted by molar-refractivity contribution is 7.16. The molecule has 8 nitrogen and oxygen atoms in total. The van der Waals surface area contributed by atoms with Crippen LogP contribution < -0.4 is 5.01 Å². The van der Waals surface area contributed by atoms with Crippen molar-refractivity contribution in [3.8, 4) is 16.2 Å². The zero-order chi connectivity index (χ0) is 21.9. The summed E-state index contributed by atoms with van der Waals surface area (Å²) in [5.41, 5.74) is 2.36. The van der Waals surface area contributed by atoms with Gasteiger partial charge in [-0.3, -0.25) is 19.7 Å². The minimum Gasteiger partial charge on any atom is -0.508 e. The van der Waals surface area contributed by atoms with Crippen LogP contribution in [0.2, 0.25) is 0 Å². The Bertz CT molecular complexity index is 896. The second-order valence-electron chi connectivity index (χ2n) is 8.73. The fourth-order valence-electron chi connectivity index (χ4n) is 4.78. The first-order valence-corrected chi connectivity index (χ1v) is 12.3. The van der Waals surface area contributed by atoms with E-state index in [1.54, 1.807) is 6.07 Å². The Labute approximate surface area is 193 Å². The number of aliphatic hydroxyl groups excluding tert-OH is 1. The molecule has 0 amide bonds. The third kappa shape index (κ3) is 4.94. The van der Waals surface area contributed by atoms with Gasteiger partial charge < -0.3 is 14.9 Å². The molecule has 0 saturated carbocycles. The molecule has 2 aromatic rings. The van der Waals surface area contributed by atoms with Crippen LogP contribution >= 0.6 is 11.3 Å². The predicted octanol–water partition coefficient (Wildman–Crippen LogP) is 1.51. The first-order valence-electron chi connectivity index (χ1n) is 11.5. The SMILES string of the molecule is OCCN1CCN(CN2Cc3sc(-c4cccc(O)c4)cc3N(N3CCOCC3)C2)CC1. The van der Waals surface area contributed by atoms with E-state index in [2.05, 4.69) is 36.9 Å². The van der Waals surface area contributed by atoms with Crippen molar-refractivity contribution in [3.63, 3.8) is 0 Å². The van der Waals surface area contributed by atoms with Crippen LogP contribution in [0.5, 0.6) is 5.75 Å². The third-order valence-electron chi connectivity index (χ3n) is 6.51. The summed E-state index contributed by atoms with van der Waals surface area (Å²) < 4.78 is 5.61. The van der Waals surface area contributed by atoms with E-state index in [1.165, 1.54) is 15.4 Å². The Morgan fingerprint density at radius 1 is 0.938 bits per heavy atom. The van der Waals surface area contributed by atoms with Crippen LogP contribution in [0.1, 0.15) is 4.88 Å². The molecule has 4 heterocycles. The second kappa shape index (κ2) is 10.0. The number of thiophene rings is 1. The van der Waals surface area contributed by atoms with Crippen LogP contribution in [-0.2, 0) is 11.3 Å². The summed E-state index contributed by atoms with van der Waals surface area (Å²) >= 11 is 1.83. The summed E-state index contributed by atoms with van der Waals surface area (Å²) in [6.45, 7) is 11.3. The number of aromatic hydroxyl groups is 1. The normalized spacial score (nSPS) is 21.7. The van der Waals surface area contributed by atoms with Gasteiger partial charge in [0.25, 0.3) is 0 Å². The molecule has 1 aromatic carbocycles. The van der Waals surface area contributed by atoms with E-state index >= 15 is 0 Å². The Kier molecular flexibility index (Phi) is 6.94. The minimum absolute atomic E-state index is 0.239. The molecule has 0 spiro atoms. The maximum Gasteiger partial charge on any atom is 0.116 e. The number of phenols is 1. The maximum absolute atomic E-state index is 9.95. The molecule has 0 aliphatic carbocycles. The smallest absolute Gasteiger partial charge is 0.116 e. The molecule has 3 aliphatic rings. The molecule has 174 valence electrons. The van der Waals surface area contributed by atoms with E-state index in [0.29, 0.717) is 5.75 Å². The molecule has 2 fully saturated rings. The lowest BCUT2D eigenvalue weighted by Gasteiger charge is -2.46. The van der Waals surface area contributed by atoms with Gasteiger partial charge in [0.05, 0.1) is 38.8 Å². The molecular weight excluding hydrogens is 426 g/mol. The first kappa shape index (κ1) is 22.1. The molecule has 2 saturated heterocycles. The zero-order valence-corrected chi connectivity index (χ0v) is 19.3. The van der Waals surface area contributed by atoms with Crippen molar-refractivity contribution in [2.45, 2.75) is 6.54 Å². The Hall–Kier alpha value is -1.72. The lowest BCUT2D eigenvalue weighted by molar-refractivity contribution is 0.0111. The maximum atomic E-state index is 9.95. The highest BCUT2D eigenvalue weighted by atomic mass is 32.1. The molecule has 5 rings (SSSR count). The van der Waals surface area contributed by atoms with Gasteiger partial charge >= 0.3 is 0 Å². The van der Waals surface area contributed by atoms with Gasteiger partial charge in [0.1, 0.15) is 5.75 Å². The van der Waals surface area contributed by atoms with Crippen LogP contribution in [-0.4, -0.2) is 109 Å². The van der Waals surface area contributed by atoms with Crippen LogP contribution in [0.15, 0.2) is 30.3 Å². The number of hydrogen-bond acceptors (Lipinski definition) is 9. The summed E-state index contributed by atoms with van der Waals surface area (Å²) in [7, 11) is 0. The summed E-state index contributed by atoms with van der Waals surface area (Å²) in [4.78, 5) is 9.97. The quantitative estimate of drug-likeness (QED) is 0.674. The Morgan fingerprint density at radius 3 is 2.47 bits per heavy atom. The average Bonchev–Trinajstić information content (AvgIpc) is 3.25. The molecule has 0 atom stereocenters. The van der Waals surface area contributed by atoms with Crippen molar-refractivity contribution in [2.75, 3.05) is 84.0 Å². The number of ether oxygens (including phenoxy) is 1. The minimum atomic E-state index is 0.239. The van der Waals surface area contributed by atoms with Crippen LogP contribution in [0.4, 0.5) is 5.69 Å². The van der Waals surface area contributed by atoms with Crippen LogP contribution in [0, 0.1) is 0 Å². The van der Waals surface area contributed by atoms with Crippen LogP contribution in [0.25, 0.3) is 10.4 Å². The Morgan fingerprint density at radius 2 is 1.72 bits per heavy atom. The van der Waals surface area contributed by atoms with E-state index in [4.69, 9.17) is 4.74 Å². The number of phenolic OH excluding ortho intramolecular Hbond substituents is 1. The topological polar surface area (TPSA) is 65.9 Å². The first-order chi connectivity index (χ1) is 15.7. The van der Waals surface area contributed by atoms with Gasteiger partial charge in [-0.1, -0.05) is 12.1 Å². The second-order valence-corrected chi connectivity index (χ2v) is 9.87. The van der Waals surface area contributed by atoms with E-state index in [1.807, 2.05) is 23.5 Å². The number of fused-ring (bicyclic) bond motifs is 1. The number of aliphatic hydroxyl groups is 1. The van der Waals surface area contributed by atoms with E-state index in [9.17, 15) is 10.2 Å². The summed E-state index contributed by atoms with van der Waals surface area (Å²) in [6.07, 6.45) is 0. The van der Waals surface area contributed by atoms with Gasteiger partial charge in [-0.05, 0) is 23.8 Å². The number of morpholine rings is 1. The molecule has 0 bridgehead atoms. The number of nitrogens with zero attached hydrogens (tertiary/aromatic N) is 5. The van der Waals surface area contributed by atoms with Crippen molar-refractivity contribution in [1.82, 2.24) is 19.7 Å². The molecule has 0 unspecified atom stereocenters. The molecule has 9 heteroatoms. The van der Waals surface area contributed by atoms with Gasteiger partial charge in [-0.15, -0.1) is 11.3 Å². The molecule has 32 heavy (non-hydrogen) atoms. The molecule has 3 aliphatic heterocycles. The van der Waals surface area contributed by atoms with Gasteiger partial charge in [0, 0.05) is 62.1 Å². The summed E-state index contributed by atoms with van der Waals surface area (Å²) in [5, 5.41) is 24.0. The lowest BCUT2D eigenvalue weighted by Crippen LogP contribution is -2.57. The highest BCUT2D eigenvalue weighted by Gasteiger charge is 2.31. The standard InChI is InChI=1S/C23H33N5O3S/c29-11-8-24-4-6-25(7-5-24)17-26-16-23-21(28(18-26)27-9-12-31-13-10-27)15-22(32-23)19-2-1-3-20(30)14-19/h1-3,14-15,29-30H,4-13,16-18H2. The van der Waals surface area contributed by atoms with Crippen molar-refractivity contribution < 1.29 is 14.9 Å². The molecule has 2 N–H and O–H groups in total. The largest absolute Gasteiger partial charge is 0.508 e. The fourth-order valence-corrected chi connectivity index (χ4v) is 5.98. The zero-order valence-electron chi connectivity index (χ0n) is 18.5. The molecule has 0 radical (unpaired) electrons. The monoisotopic (exact) mass is 459 g/mol. The number of rotatable bonds is 6. The van der Waals surface area contributed by atoms with Crippen molar-refractivity contribution in [2.24, 2.45) is 0 Å². The fraction of sp³-hybridized carbons (Fsp3) is 0.565. The van der Waals surface area contributed by atoms with Gasteiger partial charge in [-0.25, -0.2) is 5.01 Å². The van der Waals surface area contributed by atoms with Gasteiger partial charge in [0.15, 0.2) is 0 Å². The van der Waals surface area contributed by atoms with Gasteiger partial charge in [-0.2, -0.15) is 0 Å². The average molecular weight is 460 g/mol. The highest BCUT2D eigenvalue weighted by Crippen LogP contribution is 2.41. The molecule has 1 aromatic heterocycles. The number of benzene rings is 1. The number of anilines is 1. The van der Waals surface area contributed by atoms with E-state index in [0.717, 1.165) is 84.5 Å². The Balaban J connectivity index is 1.34.